The van der Waals surface area contributed by atoms with Crippen molar-refractivity contribution >= 4 is 22.5 Å². The smallest absolute Gasteiger partial charge is 0.0397 e. The summed E-state index contributed by atoms with van der Waals surface area (Å²) >= 11 is 0. The van der Waals surface area contributed by atoms with Crippen LogP contribution in [0.1, 0.15) is 59.6 Å². The van der Waals surface area contributed by atoms with E-state index in [1.807, 2.05) is 34.6 Å². The van der Waals surface area contributed by atoms with Gasteiger partial charge in [-0.2, -0.15) is 0 Å². The van der Waals surface area contributed by atoms with Crippen LogP contribution >= 0.6 is 0 Å². The highest BCUT2D eigenvalue weighted by molar-refractivity contribution is 5.75. The van der Waals surface area contributed by atoms with Crippen LogP contribution in [0, 0.1) is 0 Å². The first kappa shape index (κ1) is 27.0. The maximum atomic E-state index is 3.70. The van der Waals surface area contributed by atoms with Gasteiger partial charge in [-0.25, -0.2) is 0 Å². The van der Waals surface area contributed by atoms with Crippen molar-refractivity contribution in [3.05, 3.63) is 96.7 Å². The molecule has 30 heavy (non-hydrogen) atoms. The molecule has 2 nitrogen and oxygen atoms in total. The van der Waals surface area contributed by atoms with Crippen LogP contribution in [0.3, 0.4) is 0 Å². The van der Waals surface area contributed by atoms with E-state index in [4.69, 9.17) is 0 Å². The van der Waals surface area contributed by atoms with Gasteiger partial charge < -0.3 is 10.6 Å². The van der Waals surface area contributed by atoms with Crippen molar-refractivity contribution < 1.29 is 0 Å². The summed E-state index contributed by atoms with van der Waals surface area (Å²) in [6, 6.07) is 17.0. The molecule has 0 aromatic heterocycles. The molecule has 0 unspecified atom stereocenters. The lowest BCUT2D eigenvalue weighted by Crippen LogP contribution is -2.08. The van der Waals surface area contributed by atoms with E-state index in [0.717, 1.165) is 17.9 Å². The summed E-state index contributed by atoms with van der Waals surface area (Å²) in [4.78, 5) is 0. The van der Waals surface area contributed by atoms with Crippen LogP contribution in [0.25, 0.3) is 11.1 Å². The number of hydrogen-bond donors (Lipinski definition) is 2. The SMILES string of the molecule is C=CNC/C(=C\C)c1ccc(Nc2ccc(C(/C=C\C)=C/C)cc2)cc1.CC.CC. The summed E-state index contributed by atoms with van der Waals surface area (Å²) in [6.45, 7) is 18.6. The fourth-order valence-electron chi connectivity index (χ4n) is 2.77. The van der Waals surface area contributed by atoms with E-state index >= 15 is 0 Å². The molecule has 0 saturated carbocycles. The molecule has 0 spiro atoms. The first-order valence-electron chi connectivity index (χ1n) is 11.0. The van der Waals surface area contributed by atoms with Crippen molar-refractivity contribution in [3.8, 4) is 0 Å². The zero-order chi connectivity index (χ0) is 22.8. The van der Waals surface area contributed by atoms with Crippen LogP contribution < -0.4 is 10.6 Å². The maximum absolute atomic E-state index is 3.70. The molecule has 2 rings (SSSR count). The van der Waals surface area contributed by atoms with Gasteiger partial charge in [-0.3, -0.25) is 0 Å². The molecular formula is C28H40N2. The minimum absolute atomic E-state index is 0.785. The quantitative estimate of drug-likeness (QED) is 0.430. The lowest BCUT2D eigenvalue weighted by Gasteiger charge is -2.11. The predicted molar refractivity (Wildman–Crippen MR) is 139 cm³/mol. The molecule has 2 heteroatoms. The Labute approximate surface area is 185 Å². The Morgan fingerprint density at radius 2 is 1.27 bits per heavy atom. The third-order valence-electron chi connectivity index (χ3n) is 4.21. The van der Waals surface area contributed by atoms with Crippen molar-refractivity contribution in [2.45, 2.75) is 48.5 Å². The number of hydrogen-bond acceptors (Lipinski definition) is 2. The Bertz CT molecular complexity index is 792. The summed E-state index contributed by atoms with van der Waals surface area (Å²) in [5, 5.41) is 6.61. The summed E-state index contributed by atoms with van der Waals surface area (Å²) in [5.41, 5.74) is 7.08. The van der Waals surface area contributed by atoms with E-state index < -0.39 is 0 Å². The van der Waals surface area contributed by atoms with Crippen LogP contribution in [0.2, 0.25) is 0 Å². The molecule has 0 amide bonds. The Morgan fingerprint density at radius 3 is 1.67 bits per heavy atom. The van der Waals surface area contributed by atoms with Gasteiger partial charge in [0.25, 0.3) is 0 Å². The molecule has 0 fully saturated rings. The van der Waals surface area contributed by atoms with Crippen LogP contribution in [0.15, 0.2) is 85.6 Å². The zero-order valence-electron chi connectivity index (χ0n) is 19.9. The molecule has 0 atom stereocenters. The van der Waals surface area contributed by atoms with Crippen LogP contribution in [0.4, 0.5) is 11.4 Å². The van der Waals surface area contributed by atoms with Gasteiger partial charge in [0.2, 0.25) is 0 Å². The fourth-order valence-corrected chi connectivity index (χ4v) is 2.77. The zero-order valence-corrected chi connectivity index (χ0v) is 19.9. The second-order valence-corrected chi connectivity index (χ2v) is 5.92. The molecule has 0 heterocycles. The summed E-state index contributed by atoms with van der Waals surface area (Å²) in [6.07, 6.45) is 10.2. The molecular weight excluding hydrogens is 364 g/mol. The number of rotatable bonds is 8. The van der Waals surface area contributed by atoms with Crippen molar-refractivity contribution in [1.82, 2.24) is 5.32 Å². The number of anilines is 2. The van der Waals surface area contributed by atoms with Gasteiger partial charge in [0, 0.05) is 17.9 Å². The minimum atomic E-state index is 0.785. The van der Waals surface area contributed by atoms with Gasteiger partial charge in [0.15, 0.2) is 0 Å². The van der Waals surface area contributed by atoms with Crippen molar-refractivity contribution in [2.75, 3.05) is 11.9 Å². The third-order valence-corrected chi connectivity index (χ3v) is 4.21. The first-order valence-corrected chi connectivity index (χ1v) is 11.0. The monoisotopic (exact) mass is 404 g/mol. The summed E-state index contributed by atoms with van der Waals surface area (Å²) in [7, 11) is 0. The standard InChI is InChI=1S/C24H28N2.2C2H6/c1-5-9-19(6-2)21-10-14-23(15-11-21)26-24-16-12-22(13-17-24)20(7-3)18-25-8-4;2*1-2/h5-17,25-26H,4,18H2,1-3H3;2*1-2H3/b9-5-,19-6+,20-7+;;. The Hall–Kier alpha value is -3.00. The molecule has 0 saturated heterocycles. The number of allylic oxidation sites excluding steroid dienone is 5. The van der Waals surface area contributed by atoms with Crippen LogP contribution in [-0.4, -0.2) is 6.54 Å². The average molecular weight is 405 g/mol. The summed E-state index contributed by atoms with van der Waals surface area (Å²) < 4.78 is 0. The summed E-state index contributed by atoms with van der Waals surface area (Å²) in [5.74, 6) is 0. The third kappa shape index (κ3) is 9.00. The molecule has 0 aliphatic carbocycles. The topological polar surface area (TPSA) is 24.1 Å². The Balaban J connectivity index is 0.00000198. The first-order chi connectivity index (χ1) is 14.7. The van der Waals surface area contributed by atoms with Crippen molar-refractivity contribution in [2.24, 2.45) is 0 Å². The van der Waals surface area contributed by atoms with Gasteiger partial charge in [-0.15, -0.1) is 0 Å². The molecule has 0 bridgehead atoms. The Kier molecular flexibility index (Phi) is 15.2. The molecule has 0 aliphatic heterocycles. The van der Waals surface area contributed by atoms with Gasteiger partial charge in [0.05, 0.1) is 0 Å². The lowest BCUT2D eigenvalue weighted by atomic mass is 10.0. The largest absolute Gasteiger partial charge is 0.387 e. The Morgan fingerprint density at radius 1 is 0.767 bits per heavy atom. The van der Waals surface area contributed by atoms with Crippen molar-refractivity contribution in [3.63, 3.8) is 0 Å². The van der Waals surface area contributed by atoms with E-state index in [1.165, 1.54) is 22.3 Å². The maximum Gasteiger partial charge on any atom is 0.0397 e. The van der Waals surface area contributed by atoms with Gasteiger partial charge >= 0.3 is 0 Å². The normalized spacial score (nSPS) is 11.0. The molecule has 0 radical (unpaired) electrons. The van der Waals surface area contributed by atoms with Crippen molar-refractivity contribution in [1.29, 1.82) is 0 Å². The molecule has 2 aromatic rings. The molecule has 162 valence electrons. The van der Waals surface area contributed by atoms with E-state index in [-0.39, 0.29) is 0 Å². The second-order valence-electron chi connectivity index (χ2n) is 5.92. The molecule has 2 aromatic carbocycles. The second kappa shape index (κ2) is 16.9. The van der Waals surface area contributed by atoms with Gasteiger partial charge in [0.1, 0.15) is 0 Å². The van der Waals surface area contributed by atoms with Crippen LogP contribution in [0.5, 0.6) is 0 Å². The molecule has 2 N–H and O–H groups in total. The van der Waals surface area contributed by atoms with Gasteiger partial charge in [-0.05, 0) is 73.5 Å². The average Bonchev–Trinajstić information content (AvgIpc) is 2.82. The number of nitrogens with one attached hydrogen (secondary N) is 2. The van der Waals surface area contributed by atoms with Crippen LogP contribution in [-0.2, 0) is 0 Å². The van der Waals surface area contributed by atoms with E-state index in [0.29, 0.717) is 0 Å². The number of benzene rings is 2. The van der Waals surface area contributed by atoms with E-state index in [2.05, 4.69) is 104 Å². The predicted octanol–water partition coefficient (Wildman–Crippen LogP) is 8.60. The molecule has 0 aliphatic rings. The highest BCUT2D eigenvalue weighted by atomic mass is 14.9. The van der Waals surface area contributed by atoms with E-state index in [1.54, 1.807) is 6.20 Å². The highest BCUT2D eigenvalue weighted by Gasteiger charge is 2.02. The fraction of sp³-hybridized carbons (Fsp3) is 0.286. The highest BCUT2D eigenvalue weighted by Crippen LogP contribution is 2.23. The lowest BCUT2D eigenvalue weighted by molar-refractivity contribution is 1.00. The minimum Gasteiger partial charge on any atom is -0.387 e. The van der Waals surface area contributed by atoms with E-state index in [9.17, 15) is 0 Å². The van der Waals surface area contributed by atoms with Gasteiger partial charge in [-0.1, -0.05) is 82.8 Å².